The van der Waals surface area contributed by atoms with Gasteiger partial charge in [-0.15, -0.1) is 0 Å². The average molecular weight is 346 g/mol. The number of ether oxygens (including phenoxy) is 1. The van der Waals surface area contributed by atoms with E-state index in [2.05, 4.69) is 10.6 Å². The van der Waals surface area contributed by atoms with Gasteiger partial charge in [-0.3, -0.25) is 19.4 Å². The van der Waals surface area contributed by atoms with Crippen molar-refractivity contribution in [3.63, 3.8) is 0 Å². The first-order chi connectivity index (χ1) is 12.1. The van der Waals surface area contributed by atoms with Gasteiger partial charge in [0, 0.05) is 18.8 Å². The Bertz CT molecular complexity index is 661. The van der Waals surface area contributed by atoms with Crippen molar-refractivity contribution in [3.05, 3.63) is 24.3 Å². The van der Waals surface area contributed by atoms with Gasteiger partial charge in [-0.25, -0.2) is 4.79 Å². The van der Waals surface area contributed by atoms with Gasteiger partial charge in [-0.1, -0.05) is 0 Å². The summed E-state index contributed by atoms with van der Waals surface area (Å²) in [5, 5.41) is 5.49. The van der Waals surface area contributed by atoms with Crippen molar-refractivity contribution in [2.24, 2.45) is 0 Å². The molecule has 8 nitrogen and oxygen atoms in total. The molecule has 0 aliphatic carbocycles. The second-order valence-corrected chi connectivity index (χ2v) is 6.12. The predicted molar refractivity (Wildman–Crippen MR) is 91.3 cm³/mol. The lowest BCUT2D eigenvalue weighted by Crippen LogP contribution is -2.46. The van der Waals surface area contributed by atoms with Crippen molar-refractivity contribution in [1.29, 1.82) is 0 Å². The molecule has 8 heteroatoms. The number of urea groups is 1. The molecule has 0 spiro atoms. The lowest BCUT2D eigenvalue weighted by Gasteiger charge is -2.24. The van der Waals surface area contributed by atoms with Gasteiger partial charge in [0.25, 0.3) is 0 Å². The number of hydrogen-bond acceptors (Lipinski definition) is 5. The Morgan fingerprint density at radius 3 is 2.68 bits per heavy atom. The van der Waals surface area contributed by atoms with E-state index in [1.165, 1.54) is 4.90 Å². The quantitative estimate of drug-likeness (QED) is 0.817. The molecule has 1 atom stereocenters. The lowest BCUT2D eigenvalue weighted by molar-refractivity contribution is -0.130. The topological polar surface area (TPSA) is 91.0 Å². The molecule has 2 heterocycles. The van der Waals surface area contributed by atoms with Crippen LogP contribution < -0.4 is 15.4 Å². The molecule has 2 N–H and O–H groups in total. The van der Waals surface area contributed by atoms with E-state index in [0.717, 1.165) is 12.2 Å². The predicted octanol–water partition coefficient (Wildman–Crippen LogP) is 0.650. The van der Waals surface area contributed by atoms with E-state index in [1.807, 2.05) is 4.90 Å². The first-order valence-electron chi connectivity index (χ1n) is 8.35. The van der Waals surface area contributed by atoms with E-state index in [-0.39, 0.29) is 30.4 Å². The molecule has 0 saturated carbocycles. The van der Waals surface area contributed by atoms with Gasteiger partial charge in [0.2, 0.25) is 11.8 Å². The number of nitrogens with one attached hydrogen (secondary N) is 2. The molecular weight excluding hydrogens is 324 g/mol. The van der Waals surface area contributed by atoms with Crippen molar-refractivity contribution in [3.8, 4) is 5.75 Å². The molecule has 2 fully saturated rings. The Morgan fingerprint density at radius 1 is 1.28 bits per heavy atom. The van der Waals surface area contributed by atoms with E-state index in [4.69, 9.17) is 4.74 Å². The van der Waals surface area contributed by atoms with Crippen molar-refractivity contribution in [2.75, 3.05) is 38.6 Å². The second-order valence-electron chi connectivity index (χ2n) is 6.12. The normalized spacial score (nSPS) is 20.4. The molecule has 1 unspecified atom stereocenters. The zero-order chi connectivity index (χ0) is 17.8. The van der Waals surface area contributed by atoms with Crippen molar-refractivity contribution < 1.29 is 19.1 Å². The van der Waals surface area contributed by atoms with Crippen LogP contribution in [0.4, 0.5) is 10.5 Å². The summed E-state index contributed by atoms with van der Waals surface area (Å²) >= 11 is 0. The number of imide groups is 1. The summed E-state index contributed by atoms with van der Waals surface area (Å²) in [7, 11) is 1.58. The summed E-state index contributed by atoms with van der Waals surface area (Å²) in [6.07, 6.45) is 1.54. The van der Waals surface area contributed by atoms with Gasteiger partial charge in [0.1, 0.15) is 5.75 Å². The smallest absolute Gasteiger partial charge is 0.324 e. The SMILES string of the molecule is COc1ccc(NC(=O)C2CCCN2CC(=O)N2CCNC2=O)cc1. The number of likely N-dealkylation sites (tertiary alicyclic amines) is 1. The minimum atomic E-state index is -0.364. The third-order valence-electron chi connectivity index (χ3n) is 4.52. The first kappa shape index (κ1) is 17.2. The maximum absolute atomic E-state index is 12.6. The number of carbonyl (C=O) groups is 3. The van der Waals surface area contributed by atoms with Gasteiger partial charge in [0.15, 0.2) is 0 Å². The Balaban J connectivity index is 1.59. The molecule has 3 rings (SSSR count). The van der Waals surface area contributed by atoms with Crippen molar-refractivity contribution >= 4 is 23.5 Å². The number of amides is 4. The Morgan fingerprint density at radius 2 is 2.04 bits per heavy atom. The Hall–Kier alpha value is -2.61. The Kier molecular flexibility index (Phi) is 5.18. The second kappa shape index (κ2) is 7.52. The van der Waals surface area contributed by atoms with Crippen LogP contribution in [-0.2, 0) is 9.59 Å². The summed E-state index contributed by atoms with van der Waals surface area (Å²) < 4.78 is 5.10. The summed E-state index contributed by atoms with van der Waals surface area (Å²) in [5.74, 6) is 0.315. The molecule has 4 amide bonds. The maximum Gasteiger partial charge on any atom is 0.324 e. The fourth-order valence-corrected chi connectivity index (χ4v) is 3.18. The standard InChI is InChI=1S/C17H22N4O4/c1-25-13-6-4-12(5-7-13)19-16(23)14-3-2-9-20(14)11-15(22)21-10-8-18-17(21)24/h4-7,14H,2-3,8-11H2,1H3,(H,18,24)(H,19,23). The van der Waals surface area contributed by atoms with Crippen LogP contribution in [0.5, 0.6) is 5.75 Å². The van der Waals surface area contributed by atoms with Crippen molar-refractivity contribution in [1.82, 2.24) is 15.1 Å². The van der Waals surface area contributed by atoms with Crippen molar-refractivity contribution in [2.45, 2.75) is 18.9 Å². The Labute approximate surface area is 146 Å². The van der Waals surface area contributed by atoms with Gasteiger partial charge >= 0.3 is 6.03 Å². The lowest BCUT2D eigenvalue weighted by atomic mass is 10.2. The van der Waals surface area contributed by atoms with E-state index < -0.39 is 0 Å². The third-order valence-corrected chi connectivity index (χ3v) is 4.52. The van der Waals surface area contributed by atoms with Crippen LogP contribution in [0, 0.1) is 0 Å². The largest absolute Gasteiger partial charge is 0.497 e. The van der Waals surface area contributed by atoms with Crippen LogP contribution in [0.15, 0.2) is 24.3 Å². The van der Waals surface area contributed by atoms with Crippen LogP contribution >= 0.6 is 0 Å². The van der Waals surface area contributed by atoms with Gasteiger partial charge < -0.3 is 15.4 Å². The van der Waals surface area contributed by atoms with Gasteiger partial charge in [0.05, 0.1) is 19.7 Å². The molecule has 0 aromatic heterocycles. The van der Waals surface area contributed by atoms with Gasteiger partial charge in [-0.2, -0.15) is 0 Å². The van der Waals surface area contributed by atoms with Crippen LogP contribution in [0.25, 0.3) is 0 Å². The molecule has 134 valence electrons. The zero-order valence-electron chi connectivity index (χ0n) is 14.2. The molecule has 2 aliphatic heterocycles. The van der Waals surface area contributed by atoms with E-state index in [0.29, 0.717) is 31.7 Å². The number of nitrogens with zero attached hydrogens (tertiary/aromatic N) is 2. The monoisotopic (exact) mass is 346 g/mol. The molecule has 2 saturated heterocycles. The summed E-state index contributed by atoms with van der Waals surface area (Å²) in [5.41, 5.74) is 0.683. The average Bonchev–Trinajstić information content (AvgIpc) is 3.24. The minimum Gasteiger partial charge on any atom is -0.497 e. The highest BCUT2D eigenvalue weighted by molar-refractivity contribution is 5.98. The first-order valence-corrected chi connectivity index (χ1v) is 8.35. The third kappa shape index (κ3) is 3.90. The molecule has 25 heavy (non-hydrogen) atoms. The molecule has 2 aliphatic rings. The van der Waals surface area contributed by atoms with Crippen LogP contribution in [0.1, 0.15) is 12.8 Å². The number of methoxy groups -OCH3 is 1. The highest BCUT2D eigenvalue weighted by Gasteiger charge is 2.35. The minimum absolute atomic E-state index is 0.0775. The molecule has 1 aromatic carbocycles. The molecule has 0 radical (unpaired) electrons. The maximum atomic E-state index is 12.6. The van der Waals surface area contributed by atoms with Gasteiger partial charge in [-0.05, 0) is 43.7 Å². The number of carbonyl (C=O) groups excluding carboxylic acids is 3. The van der Waals surface area contributed by atoms with E-state index in [9.17, 15) is 14.4 Å². The number of benzene rings is 1. The van der Waals surface area contributed by atoms with E-state index >= 15 is 0 Å². The number of anilines is 1. The number of hydrogen-bond donors (Lipinski definition) is 2. The molecular formula is C17H22N4O4. The van der Waals surface area contributed by atoms with Crippen LogP contribution in [0.2, 0.25) is 0 Å². The zero-order valence-corrected chi connectivity index (χ0v) is 14.2. The van der Waals surface area contributed by atoms with Crippen LogP contribution in [-0.4, -0.2) is 67.0 Å². The fourth-order valence-electron chi connectivity index (χ4n) is 3.18. The van der Waals surface area contributed by atoms with E-state index in [1.54, 1.807) is 31.4 Å². The number of rotatable bonds is 5. The molecule has 0 bridgehead atoms. The molecule has 1 aromatic rings. The fraction of sp³-hybridized carbons (Fsp3) is 0.471. The summed E-state index contributed by atoms with van der Waals surface area (Å²) in [6.45, 7) is 1.61. The van der Waals surface area contributed by atoms with Crippen LogP contribution in [0.3, 0.4) is 0 Å². The summed E-state index contributed by atoms with van der Waals surface area (Å²) in [6, 6.07) is 6.38. The highest BCUT2D eigenvalue weighted by atomic mass is 16.5. The summed E-state index contributed by atoms with van der Waals surface area (Å²) in [4.78, 5) is 39.5. The highest BCUT2D eigenvalue weighted by Crippen LogP contribution is 2.21.